The number of halogens is 2. The normalized spacial score (nSPS) is 17.1. The van der Waals surface area contributed by atoms with E-state index in [1.54, 1.807) is 4.90 Å². The molecule has 142 valence electrons. The summed E-state index contributed by atoms with van der Waals surface area (Å²) in [5.74, 6) is -1.44. The Kier molecular flexibility index (Phi) is 6.08. The lowest BCUT2D eigenvalue weighted by Gasteiger charge is -2.33. The summed E-state index contributed by atoms with van der Waals surface area (Å²) in [6.45, 7) is 2.43. The van der Waals surface area contributed by atoms with Crippen molar-refractivity contribution in [2.45, 2.75) is 19.4 Å². The molecule has 1 N–H and O–H groups in total. The van der Waals surface area contributed by atoms with Crippen LogP contribution in [0.15, 0.2) is 42.5 Å². The lowest BCUT2D eigenvalue weighted by molar-refractivity contribution is -0.129. The van der Waals surface area contributed by atoms with E-state index in [0.717, 1.165) is 12.1 Å². The smallest absolute Gasteiger partial charge is 0.255 e. The van der Waals surface area contributed by atoms with Crippen LogP contribution in [0.4, 0.5) is 10.1 Å². The number of ether oxygens (including phenoxy) is 1. The summed E-state index contributed by atoms with van der Waals surface area (Å²) in [5, 5.41) is 2.68. The van der Waals surface area contributed by atoms with Gasteiger partial charge in [0.15, 0.2) is 0 Å². The third kappa shape index (κ3) is 4.46. The first-order valence-electron chi connectivity index (χ1n) is 8.72. The highest BCUT2D eigenvalue weighted by Crippen LogP contribution is 2.21. The first-order valence-corrected chi connectivity index (χ1v) is 9.10. The van der Waals surface area contributed by atoms with Crippen molar-refractivity contribution in [3.05, 3.63) is 64.4 Å². The number of hydrogen-bond donors (Lipinski definition) is 1. The van der Waals surface area contributed by atoms with E-state index in [-0.39, 0.29) is 29.6 Å². The molecule has 7 heteroatoms. The number of carbonyl (C=O) groups excluding carboxylic acids is 2. The second kappa shape index (κ2) is 8.50. The molecular formula is C20H20ClFN2O3. The fraction of sp³-hybridized carbons (Fsp3) is 0.300. The summed E-state index contributed by atoms with van der Waals surface area (Å²) in [7, 11) is 0. The Morgan fingerprint density at radius 2 is 2.04 bits per heavy atom. The van der Waals surface area contributed by atoms with Gasteiger partial charge in [0.1, 0.15) is 12.4 Å². The highest BCUT2D eigenvalue weighted by molar-refractivity contribution is 6.33. The predicted octanol–water partition coefficient (Wildman–Crippen LogP) is 3.20. The minimum absolute atomic E-state index is 0.0462. The van der Waals surface area contributed by atoms with Crippen LogP contribution in [0.2, 0.25) is 5.02 Å². The second-order valence-corrected chi connectivity index (χ2v) is 6.67. The van der Waals surface area contributed by atoms with Crippen molar-refractivity contribution in [3.63, 3.8) is 0 Å². The highest BCUT2D eigenvalue weighted by Gasteiger charge is 2.28. The molecule has 1 unspecified atom stereocenters. The molecule has 0 radical (unpaired) electrons. The molecule has 5 nitrogen and oxygen atoms in total. The molecule has 0 spiro atoms. The number of aryl methyl sites for hydroxylation is 1. The van der Waals surface area contributed by atoms with Crippen LogP contribution in [-0.2, 0) is 16.0 Å². The van der Waals surface area contributed by atoms with E-state index < -0.39 is 17.8 Å². The molecule has 27 heavy (non-hydrogen) atoms. The van der Waals surface area contributed by atoms with Crippen molar-refractivity contribution < 1.29 is 18.7 Å². The van der Waals surface area contributed by atoms with Gasteiger partial charge in [0.2, 0.25) is 0 Å². The average molecular weight is 391 g/mol. The van der Waals surface area contributed by atoms with Crippen LogP contribution in [-0.4, -0.2) is 37.6 Å². The number of morpholine rings is 1. The van der Waals surface area contributed by atoms with Crippen molar-refractivity contribution in [1.29, 1.82) is 0 Å². The van der Waals surface area contributed by atoms with Crippen molar-refractivity contribution in [1.82, 2.24) is 5.32 Å². The third-order valence-corrected chi connectivity index (χ3v) is 4.78. The maximum Gasteiger partial charge on any atom is 0.255 e. The molecule has 0 bridgehead atoms. The molecule has 1 fully saturated rings. The number of anilines is 1. The zero-order chi connectivity index (χ0) is 19.4. The highest BCUT2D eigenvalue weighted by atomic mass is 35.5. The Labute approximate surface area is 162 Å². The topological polar surface area (TPSA) is 58.6 Å². The predicted molar refractivity (Wildman–Crippen MR) is 102 cm³/mol. The zero-order valence-corrected chi connectivity index (χ0v) is 15.6. The molecule has 1 saturated heterocycles. The molecule has 2 amide bonds. The van der Waals surface area contributed by atoms with Crippen molar-refractivity contribution >= 4 is 29.1 Å². The van der Waals surface area contributed by atoms with Gasteiger partial charge in [-0.25, -0.2) is 4.39 Å². The van der Waals surface area contributed by atoms with Gasteiger partial charge in [-0.05, 0) is 36.2 Å². The van der Waals surface area contributed by atoms with Crippen LogP contribution >= 0.6 is 11.6 Å². The minimum atomic E-state index is -0.683. The maximum atomic E-state index is 13.8. The summed E-state index contributed by atoms with van der Waals surface area (Å²) in [6, 6.07) is 11.8. The third-order valence-electron chi connectivity index (χ3n) is 4.47. The Morgan fingerprint density at radius 1 is 1.30 bits per heavy atom. The van der Waals surface area contributed by atoms with Gasteiger partial charge >= 0.3 is 0 Å². The molecule has 1 atom stereocenters. The van der Waals surface area contributed by atoms with Gasteiger partial charge < -0.3 is 15.0 Å². The monoisotopic (exact) mass is 390 g/mol. The minimum Gasteiger partial charge on any atom is -0.365 e. The van der Waals surface area contributed by atoms with Crippen molar-refractivity contribution in [3.8, 4) is 0 Å². The summed E-state index contributed by atoms with van der Waals surface area (Å²) in [4.78, 5) is 26.1. The Balaban J connectivity index is 1.64. The van der Waals surface area contributed by atoms with Gasteiger partial charge in [-0.1, -0.05) is 36.7 Å². The summed E-state index contributed by atoms with van der Waals surface area (Å²) in [5.41, 5.74) is 1.78. The number of amides is 2. The van der Waals surface area contributed by atoms with Gasteiger partial charge in [0, 0.05) is 12.2 Å². The lowest BCUT2D eigenvalue weighted by atomic mass is 10.1. The van der Waals surface area contributed by atoms with Crippen molar-refractivity contribution in [2.24, 2.45) is 0 Å². The molecule has 2 aromatic carbocycles. The van der Waals surface area contributed by atoms with Gasteiger partial charge in [-0.3, -0.25) is 9.59 Å². The molecule has 0 aliphatic carbocycles. The first kappa shape index (κ1) is 19.3. The Bertz CT molecular complexity index is 821. The molecular weight excluding hydrogens is 371 g/mol. The molecule has 0 saturated carbocycles. The number of carbonyl (C=O) groups is 2. The molecule has 1 aliphatic rings. The van der Waals surface area contributed by atoms with E-state index in [0.29, 0.717) is 6.54 Å². The van der Waals surface area contributed by atoms with E-state index in [9.17, 15) is 14.0 Å². The van der Waals surface area contributed by atoms with Gasteiger partial charge in [0.25, 0.3) is 11.8 Å². The molecule has 0 aromatic heterocycles. The van der Waals surface area contributed by atoms with Crippen LogP contribution in [0.5, 0.6) is 0 Å². The van der Waals surface area contributed by atoms with Crippen LogP contribution in [0.3, 0.4) is 0 Å². The zero-order valence-electron chi connectivity index (χ0n) is 14.9. The van der Waals surface area contributed by atoms with E-state index in [1.165, 1.54) is 23.8 Å². The maximum absolute atomic E-state index is 13.8. The largest absolute Gasteiger partial charge is 0.365 e. The van der Waals surface area contributed by atoms with Crippen LogP contribution in [0.1, 0.15) is 22.8 Å². The van der Waals surface area contributed by atoms with Crippen LogP contribution in [0.25, 0.3) is 0 Å². The molecule has 3 rings (SSSR count). The lowest BCUT2D eigenvalue weighted by Crippen LogP contribution is -2.50. The van der Waals surface area contributed by atoms with Crippen molar-refractivity contribution in [2.75, 3.05) is 24.6 Å². The van der Waals surface area contributed by atoms with E-state index >= 15 is 0 Å². The Hall–Kier alpha value is -2.44. The number of benzene rings is 2. The fourth-order valence-electron chi connectivity index (χ4n) is 2.92. The van der Waals surface area contributed by atoms with E-state index in [1.807, 2.05) is 24.3 Å². The first-order chi connectivity index (χ1) is 13.0. The summed E-state index contributed by atoms with van der Waals surface area (Å²) in [6.07, 6.45) is 0.521. The number of nitrogens with one attached hydrogen (secondary N) is 1. The van der Waals surface area contributed by atoms with Crippen LogP contribution in [0, 0.1) is 5.82 Å². The second-order valence-electron chi connectivity index (χ2n) is 6.26. The number of hydrogen-bond acceptors (Lipinski definition) is 3. The summed E-state index contributed by atoms with van der Waals surface area (Å²) < 4.78 is 19.3. The SMILES string of the molecule is CCc1ccc(N2CC(CNC(=O)c3c(F)cccc3Cl)OCC2=O)cc1. The van der Waals surface area contributed by atoms with E-state index in [4.69, 9.17) is 16.3 Å². The average Bonchev–Trinajstić information content (AvgIpc) is 2.67. The van der Waals surface area contributed by atoms with E-state index in [2.05, 4.69) is 12.2 Å². The standard InChI is InChI=1S/C20H20ClFN2O3/c1-2-13-6-8-14(9-7-13)24-11-15(27-12-18(24)25)10-23-20(26)19-16(21)4-3-5-17(19)22/h3-9,15H,2,10-12H2,1H3,(H,23,26). The number of rotatable bonds is 5. The summed E-state index contributed by atoms with van der Waals surface area (Å²) >= 11 is 5.91. The quantitative estimate of drug-likeness (QED) is 0.852. The van der Waals surface area contributed by atoms with Gasteiger partial charge in [0.05, 0.1) is 23.2 Å². The van der Waals surface area contributed by atoms with Gasteiger partial charge in [-0.2, -0.15) is 0 Å². The molecule has 2 aromatic rings. The molecule has 1 aliphatic heterocycles. The number of nitrogens with zero attached hydrogens (tertiary/aromatic N) is 1. The van der Waals surface area contributed by atoms with Gasteiger partial charge in [-0.15, -0.1) is 0 Å². The van der Waals surface area contributed by atoms with Crippen LogP contribution < -0.4 is 10.2 Å². The fourth-order valence-corrected chi connectivity index (χ4v) is 3.17. The Morgan fingerprint density at radius 3 is 2.70 bits per heavy atom. The molecule has 1 heterocycles.